The number of ether oxygens (including phenoxy) is 2. The number of aliphatic hydroxyl groups excluding tert-OH is 3. The number of rotatable bonds is 17. The van der Waals surface area contributed by atoms with Crippen LogP contribution in [0.25, 0.3) is 0 Å². The number of esters is 2. The van der Waals surface area contributed by atoms with Crippen molar-refractivity contribution >= 4 is 11.9 Å². The zero-order valence-electron chi connectivity index (χ0n) is 17.7. The van der Waals surface area contributed by atoms with Gasteiger partial charge in [0, 0.05) is 6.42 Å². The molecule has 168 valence electrons. The molecule has 2 unspecified atom stereocenters. The molecule has 7 heteroatoms. The first-order valence-electron chi connectivity index (χ1n) is 11.1. The molecule has 0 aliphatic carbocycles. The Bertz CT molecular complexity index is 515. The molecule has 0 radical (unpaired) electrons. The molecule has 0 fully saturated rings. The van der Waals surface area contributed by atoms with Gasteiger partial charge in [-0.2, -0.15) is 0 Å². The second-order valence-corrected chi connectivity index (χ2v) is 7.76. The molecule has 0 aromatic carbocycles. The second-order valence-electron chi connectivity index (χ2n) is 7.76. The summed E-state index contributed by atoms with van der Waals surface area (Å²) in [7, 11) is 0. The molecule has 0 bridgehead atoms. The number of unbranched alkanes of at least 4 members (excludes halogenated alkanes) is 12. The first-order valence-corrected chi connectivity index (χ1v) is 11.1. The summed E-state index contributed by atoms with van der Waals surface area (Å²) in [5.74, 6) is -3.26. The molecular formula is C22H38O7. The van der Waals surface area contributed by atoms with Crippen molar-refractivity contribution in [3.8, 4) is 0 Å². The van der Waals surface area contributed by atoms with Crippen LogP contribution in [-0.4, -0.2) is 46.1 Å². The molecule has 0 aromatic rings. The van der Waals surface area contributed by atoms with E-state index in [1.165, 1.54) is 64.2 Å². The number of cyclic esters (lactones) is 1. The maximum Gasteiger partial charge on any atom is 0.378 e. The summed E-state index contributed by atoms with van der Waals surface area (Å²) in [6.45, 7) is 1.61. The Balaban J connectivity index is 2.02. The molecule has 29 heavy (non-hydrogen) atoms. The average molecular weight is 415 g/mol. The topological polar surface area (TPSA) is 113 Å². The zero-order chi connectivity index (χ0) is 21.5. The van der Waals surface area contributed by atoms with Crippen molar-refractivity contribution in [2.45, 2.75) is 109 Å². The van der Waals surface area contributed by atoms with Gasteiger partial charge in [-0.05, 0) is 6.42 Å². The van der Waals surface area contributed by atoms with Crippen molar-refractivity contribution in [3.05, 3.63) is 11.5 Å². The van der Waals surface area contributed by atoms with E-state index in [9.17, 15) is 24.9 Å². The van der Waals surface area contributed by atoms with Crippen LogP contribution >= 0.6 is 0 Å². The van der Waals surface area contributed by atoms with E-state index in [1.807, 2.05) is 0 Å². The summed E-state index contributed by atoms with van der Waals surface area (Å²) in [4.78, 5) is 23.1. The lowest BCUT2D eigenvalue weighted by molar-refractivity contribution is -0.165. The fourth-order valence-corrected chi connectivity index (χ4v) is 3.43. The van der Waals surface area contributed by atoms with Crippen molar-refractivity contribution < 1.29 is 34.4 Å². The third-order valence-electron chi connectivity index (χ3n) is 5.22. The summed E-state index contributed by atoms with van der Waals surface area (Å²) in [6.07, 6.45) is 13.3. The molecule has 7 nitrogen and oxygen atoms in total. The minimum Gasteiger partial charge on any atom is -0.505 e. The maximum atomic E-state index is 11.9. The maximum absolute atomic E-state index is 11.9. The first kappa shape index (κ1) is 25.3. The molecule has 0 saturated heterocycles. The Morgan fingerprint density at radius 2 is 1.41 bits per heavy atom. The summed E-state index contributed by atoms with van der Waals surface area (Å²) in [6, 6.07) is 0. The van der Waals surface area contributed by atoms with Crippen LogP contribution in [-0.2, 0) is 19.1 Å². The van der Waals surface area contributed by atoms with Crippen LogP contribution in [0.15, 0.2) is 11.5 Å². The van der Waals surface area contributed by atoms with E-state index in [4.69, 9.17) is 9.47 Å². The van der Waals surface area contributed by atoms with Gasteiger partial charge >= 0.3 is 11.9 Å². The van der Waals surface area contributed by atoms with E-state index in [0.717, 1.165) is 12.8 Å². The highest BCUT2D eigenvalue weighted by Crippen LogP contribution is 2.23. The summed E-state index contributed by atoms with van der Waals surface area (Å²) >= 11 is 0. The molecule has 1 heterocycles. The van der Waals surface area contributed by atoms with E-state index in [-0.39, 0.29) is 6.42 Å². The van der Waals surface area contributed by atoms with Gasteiger partial charge in [-0.1, -0.05) is 84.0 Å². The quantitative estimate of drug-likeness (QED) is 0.235. The van der Waals surface area contributed by atoms with Crippen LogP contribution in [0, 0.1) is 0 Å². The highest BCUT2D eigenvalue weighted by Gasteiger charge is 2.41. The molecule has 0 amide bonds. The number of carbonyl (C=O) groups excluding carboxylic acids is 2. The molecule has 0 spiro atoms. The normalized spacial score (nSPS) is 17.4. The largest absolute Gasteiger partial charge is 0.505 e. The SMILES string of the molecule is CCCCCCCCCCCCCCCC(=O)OC(CO)C1OC(=O)C(O)=C1O. The van der Waals surface area contributed by atoms with E-state index in [1.54, 1.807) is 0 Å². The number of aliphatic hydroxyl groups is 3. The van der Waals surface area contributed by atoms with Crippen LogP contribution in [0.5, 0.6) is 0 Å². The van der Waals surface area contributed by atoms with Gasteiger partial charge in [-0.25, -0.2) is 4.79 Å². The van der Waals surface area contributed by atoms with Gasteiger partial charge in [0.15, 0.2) is 11.9 Å². The predicted octanol–water partition coefficient (Wildman–Crippen LogP) is 4.62. The van der Waals surface area contributed by atoms with Crippen LogP contribution in [0.3, 0.4) is 0 Å². The number of hydrogen-bond acceptors (Lipinski definition) is 7. The molecule has 1 rings (SSSR count). The summed E-state index contributed by atoms with van der Waals surface area (Å²) < 4.78 is 9.80. The van der Waals surface area contributed by atoms with E-state index in [0.29, 0.717) is 6.42 Å². The van der Waals surface area contributed by atoms with Crippen molar-refractivity contribution in [3.63, 3.8) is 0 Å². The fourth-order valence-electron chi connectivity index (χ4n) is 3.43. The zero-order valence-corrected chi connectivity index (χ0v) is 17.7. The smallest absolute Gasteiger partial charge is 0.378 e. The molecule has 0 saturated carbocycles. The number of hydrogen-bond donors (Lipinski definition) is 3. The Hall–Kier alpha value is -1.76. The second kappa shape index (κ2) is 15.1. The first-order chi connectivity index (χ1) is 14.0. The third kappa shape index (κ3) is 10.0. The van der Waals surface area contributed by atoms with Crippen molar-refractivity contribution in [2.24, 2.45) is 0 Å². The highest BCUT2D eigenvalue weighted by atomic mass is 16.6. The Morgan fingerprint density at radius 1 is 0.931 bits per heavy atom. The van der Waals surface area contributed by atoms with Crippen molar-refractivity contribution in [2.75, 3.05) is 6.61 Å². The molecule has 0 aromatic heterocycles. The molecule has 1 aliphatic rings. The van der Waals surface area contributed by atoms with Crippen LogP contribution in [0.1, 0.15) is 96.8 Å². The monoisotopic (exact) mass is 414 g/mol. The molecular weight excluding hydrogens is 376 g/mol. The van der Waals surface area contributed by atoms with Gasteiger partial charge in [0.2, 0.25) is 11.9 Å². The van der Waals surface area contributed by atoms with Gasteiger partial charge in [0.25, 0.3) is 0 Å². The minimum atomic E-state index is -1.36. The van der Waals surface area contributed by atoms with Crippen molar-refractivity contribution in [1.29, 1.82) is 0 Å². The number of carbonyl (C=O) groups is 2. The Labute approximate surface area is 174 Å². The lowest BCUT2D eigenvalue weighted by Crippen LogP contribution is -2.36. The molecule has 1 aliphatic heterocycles. The van der Waals surface area contributed by atoms with E-state index >= 15 is 0 Å². The van der Waals surface area contributed by atoms with E-state index < -0.39 is 42.3 Å². The Kier molecular flexibility index (Phi) is 13.2. The molecule has 3 N–H and O–H groups in total. The fraction of sp³-hybridized carbons (Fsp3) is 0.818. The van der Waals surface area contributed by atoms with Gasteiger partial charge in [-0.3, -0.25) is 4.79 Å². The van der Waals surface area contributed by atoms with Gasteiger partial charge < -0.3 is 24.8 Å². The van der Waals surface area contributed by atoms with E-state index in [2.05, 4.69) is 6.92 Å². The third-order valence-corrected chi connectivity index (χ3v) is 5.22. The predicted molar refractivity (Wildman–Crippen MR) is 109 cm³/mol. The van der Waals surface area contributed by atoms with Gasteiger partial charge in [-0.15, -0.1) is 0 Å². The minimum absolute atomic E-state index is 0.200. The Morgan fingerprint density at radius 3 is 1.83 bits per heavy atom. The lowest BCUT2D eigenvalue weighted by atomic mass is 10.0. The summed E-state index contributed by atoms with van der Waals surface area (Å²) in [5, 5.41) is 28.2. The molecule has 2 atom stereocenters. The van der Waals surface area contributed by atoms with Gasteiger partial charge in [0.1, 0.15) is 0 Å². The highest BCUT2D eigenvalue weighted by molar-refractivity contribution is 5.89. The lowest BCUT2D eigenvalue weighted by Gasteiger charge is -2.20. The van der Waals surface area contributed by atoms with Crippen LogP contribution in [0.2, 0.25) is 0 Å². The van der Waals surface area contributed by atoms with Gasteiger partial charge in [0.05, 0.1) is 6.61 Å². The van der Waals surface area contributed by atoms with Crippen molar-refractivity contribution in [1.82, 2.24) is 0 Å². The van der Waals surface area contributed by atoms with Crippen LogP contribution in [0.4, 0.5) is 0 Å². The standard InChI is InChI=1S/C22H38O7/c1-2-3-4-5-6-7-8-9-10-11-12-13-14-15-18(24)28-17(16-23)21-19(25)20(26)22(27)29-21/h17,21,23,25-26H,2-16H2,1H3. The average Bonchev–Trinajstić information content (AvgIpc) is 2.97. The summed E-state index contributed by atoms with van der Waals surface area (Å²) in [5.41, 5.74) is 0. The van der Waals surface area contributed by atoms with Crippen LogP contribution < -0.4 is 0 Å².